The molecule has 1 amide bonds. The molecule has 0 aliphatic heterocycles. The molecule has 0 radical (unpaired) electrons. The maximum Gasteiger partial charge on any atom is 0.269 e. The van der Waals surface area contributed by atoms with Gasteiger partial charge in [-0.1, -0.05) is 29.3 Å². The zero-order valence-electron chi connectivity index (χ0n) is 18.9. The highest BCUT2D eigenvalue weighted by Crippen LogP contribution is 2.32. The molecule has 0 aliphatic carbocycles. The van der Waals surface area contributed by atoms with E-state index in [0.29, 0.717) is 28.7 Å². The average molecular weight is 521 g/mol. The lowest BCUT2D eigenvalue weighted by Crippen LogP contribution is -2.20. The maximum absolute atomic E-state index is 13.3. The maximum atomic E-state index is 13.3. The van der Waals surface area contributed by atoms with Gasteiger partial charge < -0.3 is 14.8 Å². The van der Waals surface area contributed by atoms with Gasteiger partial charge >= 0.3 is 0 Å². The standard InChI is InChI=1S/C26H18Cl2N4O4/c1-2-35-19-9-7-18(8-10-19)30-24(33)16(15-29)13-20-25(36-22-11-6-17(27)14-21(22)28)31-23-5-3-4-12-32(23)26(20)34/h3-14H,2H2,1H3,(H,30,33)/b16-13+. The number of halogens is 2. The minimum atomic E-state index is -0.713. The van der Waals surface area contributed by atoms with E-state index in [-0.39, 0.29) is 27.8 Å². The third-order valence-electron chi connectivity index (χ3n) is 4.91. The molecule has 8 nitrogen and oxygen atoms in total. The number of hydrogen-bond acceptors (Lipinski definition) is 6. The van der Waals surface area contributed by atoms with Crippen molar-refractivity contribution in [2.24, 2.45) is 0 Å². The largest absolute Gasteiger partial charge is 0.494 e. The van der Waals surface area contributed by atoms with Crippen LogP contribution in [0.15, 0.2) is 77.2 Å². The van der Waals surface area contributed by atoms with E-state index in [2.05, 4.69) is 10.3 Å². The number of hydrogen-bond donors (Lipinski definition) is 1. The summed E-state index contributed by atoms with van der Waals surface area (Å²) in [5, 5.41) is 12.9. The molecule has 180 valence electrons. The fraction of sp³-hybridized carbons (Fsp3) is 0.0769. The van der Waals surface area contributed by atoms with E-state index < -0.39 is 11.5 Å². The first-order valence-electron chi connectivity index (χ1n) is 10.7. The van der Waals surface area contributed by atoms with Crippen molar-refractivity contribution in [2.75, 3.05) is 11.9 Å². The lowest BCUT2D eigenvalue weighted by atomic mass is 10.1. The number of aromatic nitrogens is 2. The van der Waals surface area contributed by atoms with E-state index in [4.69, 9.17) is 32.7 Å². The van der Waals surface area contributed by atoms with Crippen molar-refractivity contribution in [2.45, 2.75) is 6.92 Å². The Balaban J connectivity index is 1.75. The third kappa shape index (κ3) is 5.49. The SMILES string of the molecule is CCOc1ccc(NC(=O)/C(C#N)=C/c2c(Oc3ccc(Cl)cc3Cl)nc3ccccn3c2=O)cc1. The van der Waals surface area contributed by atoms with Gasteiger partial charge in [0.15, 0.2) is 0 Å². The molecule has 10 heteroatoms. The van der Waals surface area contributed by atoms with Gasteiger partial charge in [-0.15, -0.1) is 0 Å². The second-order valence-electron chi connectivity index (χ2n) is 7.32. The predicted molar refractivity (Wildman–Crippen MR) is 138 cm³/mol. The number of pyridine rings is 1. The van der Waals surface area contributed by atoms with E-state index >= 15 is 0 Å². The van der Waals surface area contributed by atoms with Crippen LogP contribution in [0.2, 0.25) is 10.0 Å². The first kappa shape index (κ1) is 24.8. The number of nitrogens with zero attached hydrogens (tertiary/aromatic N) is 3. The Morgan fingerprint density at radius 2 is 1.94 bits per heavy atom. The van der Waals surface area contributed by atoms with Gasteiger partial charge in [-0.2, -0.15) is 10.2 Å². The molecule has 0 bridgehead atoms. The first-order chi connectivity index (χ1) is 17.4. The molecule has 0 atom stereocenters. The van der Waals surface area contributed by atoms with Crippen LogP contribution >= 0.6 is 23.2 Å². The Bertz CT molecular complexity index is 1570. The van der Waals surface area contributed by atoms with Gasteiger partial charge in [-0.05, 0) is 67.6 Å². The minimum Gasteiger partial charge on any atom is -0.494 e. The lowest BCUT2D eigenvalue weighted by molar-refractivity contribution is -0.112. The Morgan fingerprint density at radius 3 is 2.64 bits per heavy atom. The van der Waals surface area contributed by atoms with E-state index in [9.17, 15) is 14.9 Å². The Hall–Kier alpha value is -4.32. The van der Waals surface area contributed by atoms with Crippen molar-refractivity contribution >= 4 is 46.5 Å². The number of amides is 1. The number of nitrogens with one attached hydrogen (secondary N) is 1. The van der Waals surface area contributed by atoms with Gasteiger partial charge in [0.2, 0.25) is 5.88 Å². The zero-order valence-corrected chi connectivity index (χ0v) is 20.4. The monoisotopic (exact) mass is 520 g/mol. The van der Waals surface area contributed by atoms with Gasteiger partial charge in [-0.25, -0.2) is 0 Å². The van der Waals surface area contributed by atoms with Crippen LogP contribution in [0.5, 0.6) is 17.4 Å². The minimum absolute atomic E-state index is 0.108. The van der Waals surface area contributed by atoms with Crippen LogP contribution in [0.4, 0.5) is 5.69 Å². The summed E-state index contributed by atoms with van der Waals surface area (Å²) in [5.41, 5.74) is -0.226. The Kier molecular flexibility index (Phi) is 7.54. The van der Waals surface area contributed by atoms with Gasteiger partial charge in [0, 0.05) is 16.9 Å². The van der Waals surface area contributed by atoms with Crippen LogP contribution < -0.4 is 20.3 Å². The number of nitriles is 1. The lowest BCUT2D eigenvalue weighted by Gasteiger charge is -2.11. The van der Waals surface area contributed by atoms with Crippen molar-refractivity contribution in [3.8, 4) is 23.4 Å². The smallest absolute Gasteiger partial charge is 0.269 e. The summed E-state index contributed by atoms with van der Waals surface area (Å²) in [6, 6.07) is 18.1. The summed E-state index contributed by atoms with van der Waals surface area (Å²) in [5.74, 6) is -0.00330. The van der Waals surface area contributed by atoms with Crippen LogP contribution in [0.3, 0.4) is 0 Å². The van der Waals surface area contributed by atoms with Crippen LogP contribution in [0, 0.1) is 11.3 Å². The van der Waals surface area contributed by atoms with Gasteiger partial charge in [-0.3, -0.25) is 14.0 Å². The van der Waals surface area contributed by atoms with Crippen molar-refractivity contribution in [3.05, 3.63) is 98.4 Å². The fourth-order valence-electron chi connectivity index (χ4n) is 3.24. The molecule has 0 unspecified atom stereocenters. The van der Waals surface area contributed by atoms with Gasteiger partial charge in [0.05, 0.1) is 11.6 Å². The molecule has 2 heterocycles. The first-order valence-corrected chi connectivity index (χ1v) is 11.5. The highest BCUT2D eigenvalue weighted by atomic mass is 35.5. The Morgan fingerprint density at radius 1 is 1.17 bits per heavy atom. The summed E-state index contributed by atoms with van der Waals surface area (Å²) in [7, 11) is 0. The molecule has 0 spiro atoms. The Labute approximate surface area is 215 Å². The molecule has 0 saturated heterocycles. The molecule has 2 aromatic heterocycles. The number of anilines is 1. The number of fused-ring (bicyclic) bond motifs is 1. The van der Waals surface area contributed by atoms with Crippen LogP contribution in [0.1, 0.15) is 12.5 Å². The normalized spacial score (nSPS) is 11.1. The van der Waals surface area contributed by atoms with Crippen LogP contribution in [0.25, 0.3) is 11.7 Å². The van der Waals surface area contributed by atoms with Crippen molar-refractivity contribution in [1.82, 2.24) is 9.38 Å². The summed E-state index contributed by atoms with van der Waals surface area (Å²) in [4.78, 5) is 30.6. The van der Waals surface area contributed by atoms with E-state index in [1.54, 1.807) is 48.5 Å². The van der Waals surface area contributed by atoms with E-state index in [0.717, 1.165) is 6.08 Å². The molecule has 0 saturated carbocycles. The molecule has 4 aromatic rings. The van der Waals surface area contributed by atoms with Crippen molar-refractivity contribution < 1.29 is 14.3 Å². The quantitative estimate of drug-likeness (QED) is 0.246. The summed E-state index contributed by atoms with van der Waals surface area (Å²) < 4.78 is 12.5. The predicted octanol–water partition coefficient (Wildman–Crippen LogP) is 5.74. The number of ether oxygens (including phenoxy) is 2. The molecular formula is C26H18Cl2N4O4. The van der Waals surface area contributed by atoms with Crippen LogP contribution in [-0.4, -0.2) is 21.9 Å². The molecular weight excluding hydrogens is 503 g/mol. The summed E-state index contributed by atoms with van der Waals surface area (Å²) in [6.45, 7) is 2.37. The second-order valence-corrected chi connectivity index (χ2v) is 8.17. The number of benzene rings is 2. The van der Waals surface area contributed by atoms with Gasteiger partial charge in [0.25, 0.3) is 11.5 Å². The van der Waals surface area contributed by atoms with E-state index in [1.807, 2.05) is 13.0 Å². The number of carbonyl (C=O) groups is 1. The molecule has 2 aromatic carbocycles. The van der Waals surface area contributed by atoms with E-state index in [1.165, 1.54) is 22.7 Å². The van der Waals surface area contributed by atoms with Crippen LogP contribution in [-0.2, 0) is 4.79 Å². The highest BCUT2D eigenvalue weighted by Gasteiger charge is 2.18. The average Bonchev–Trinajstić information content (AvgIpc) is 2.87. The number of carbonyl (C=O) groups excluding carboxylic acids is 1. The molecule has 0 aliphatic rings. The zero-order chi connectivity index (χ0) is 25.7. The summed E-state index contributed by atoms with van der Waals surface area (Å²) in [6.07, 6.45) is 2.66. The fourth-order valence-corrected chi connectivity index (χ4v) is 3.69. The summed E-state index contributed by atoms with van der Waals surface area (Å²) >= 11 is 12.2. The molecule has 4 rings (SSSR count). The number of rotatable bonds is 7. The topological polar surface area (TPSA) is 106 Å². The van der Waals surface area contributed by atoms with Crippen molar-refractivity contribution in [3.63, 3.8) is 0 Å². The molecule has 36 heavy (non-hydrogen) atoms. The van der Waals surface area contributed by atoms with Crippen molar-refractivity contribution in [1.29, 1.82) is 5.26 Å². The molecule has 1 N–H and O–H groups in total. The third-order valence-corrected chi connectivity index (χ3v) is 5.44. The molecule has 0 fully saturated rings. The second kappa shape index (κ2) is 11.0. The highest BCUT2D eigenvalue weighted by molar-refractivity contribution is 6.35. The van der Waals surface area contributed by atoms with Gasteiger partial charge in [0.1, 0.15) is 34.4 Å².